The lowest BCUT2D eigenvalue weighted by Crippen LogP contribution is -2.26. The van der Waals surface area contributed by atoms with Gasteiger partial charge in [-0.15, -0.1) is 0 Å². The maximum Gasteiger partial charge on any atom is 0.251 e. The summed E-state index contributed by atoms with van der Waals surface area (Å²) >= 11 is 11.9. The zero-order chi connectivity index (χ0) is 18.8. The second-order valence-corrected chi connectivity index (χ2v) is 9.31. The number of carbonyl (C=O) groups excluding carboxylic acids is 1. The molecule has 0 bridgehead atoms. The quantitative estimate of drug-likeness (QED) is 0.794. The molecule has 0 saturated carbocycles. The van der Waals surface area contributed by atoms with Gasteiger partial charge in [0.05, 0.1) is 26.2 Å². The Labute approximate surface area is 158 Å². The zero-order valence-electron chi connectivity index (χ0n) is 14.1. The number of hydrogen-bond donors (Lipinski definition) is 1. The molecule has 0 saturated heterocycles. The van der Waals surface area contributed by atoms with Gasteiger partial charge in [0.2, 0.25) is 0 Å². The molecule has 0 aromatic heterocycles. The highest BCUT2D eigenvalue weighted by Gasteiger charge is 2.20. The molecule has 1 atom stereocenters. The molecule has 134 valence electrons. The summed E-state index contributed by atoms with van der Waals surface area (Å²) in [7, 11) is -3.35. The monoisotopic (exact) mass is 399 g/mol. The van der Waals surface area contributed by atoms with Crippen LogP contribution in [-0.2, 0) is 9.84 Å². The normalized spacial score (nSPS) is 12.9. The van der Waals surface area contributed by atoms with Crippen LogP contribution in [0.25, 0.3) is 0 Å². The third-order valence-electron chi connectivity index (χ3n) is 3.86. The summed E-state index contributed by atoms with van der Waals surface area (Å²) in [6.07, 6.45) is 0. The van der Waals surface area contributed by atoms with E-state index in [2.05, 4.69) is 5.32 Å². The summed E-state index contributed by atoms with van der Waals surface area (Å²) < 4.78 is 24.2. The SMILES string of the molecule is CC(C)S(=O)(=O)c1ccc(C(=O)N[C@H](C)c2ccc(Cl)c(Cl)c2)cc1. The van der Waals surface area contributed by atoms with Crippen LogP contribution < -0.4 is 5.32 Å². The van der Waals surface area contributed by atoms with Crippen molar-refractivity contribution in [3.8, 4) is 0 Å². The minimum absolute atomic E-state index is 0.205. The highest BCUT2D eigenvalue weighted by Crippen LogP contribution is 2.25. The fourth-order valence-corrected chi connectivity index (χ4v) is 3.58. The van der Waals surface area contributed by atoms with Crippen molar-refractivity contribution in [2.45, 2.75) is 37.0 Å². The van der Waals surface area contributed by atoms with Crippen molar-refractivity contribution in [2.24, 2.45) is 0 Å². The summed E-state index contributed by atoms with van der Waals surface area (Å²) in [5.74, 6) is -0.299. The smallest absolute Gasteiger partial charge is 0.251 e. The molecule has 0 fully saturated rings. The second-order valence-electron chi connectivity index (χ2n) is 5.99. The third-order valence-corrected chi connectivity index (χ3v) is 6.77. The van der Waals surface area contributed by atoms with Crippen molar-refractivity contribution >= 4 is 38.9 Å². The number of hydrogen-bond acceptors (Lipinski definition) is 3. The first-order valence-electron chi connectivity index (χ1n) is 7.72. The molecule has 2 aromatic carbocycles. The van der Waals surface area contributed by atoms with E-state index in [1.54, 1.807) is 32.0 Å². The lowest BCUT2D eigenvalue weighted by molar-refractivity contribution is 0.0940. The van der Waals surface area contributed by atoms with E-state index in [0.717, 1.165) is 5.56 Å². The molecule has 1 N–H and O–H groups in total. The number of nitrogens with one attached hydrogen (secondary N) is 1. The Bertz CT molecular complexity index is 878. The van der Waals surface area contributed by atoms with Crippen molar-refractivity contribution in [1.29, 1.82) is 0 Å². The number of halogens is 2. The number of sulfone groups is 1. The van der Waals surface area contributed by atoms with Crippen LogP contribution in [0.5, 0.6) is 0 Å². The van der Waals surface area contributed by atoms with Gasteiger partial charge in [-0.25, -0.2) is 8.42 Å². The summed E-state index contributed by atoms with van der Waals surface area (Å²) in [6.45, 7) is 5.07. The molecule has 1 amide bonds. The molecule has 0 spiro atoms. The van der Waals surface area contributed by atoms with E-state index in [0.29, 0.717) is 15.6 Å². The maximum atomic E-state index is 12.4. The molecule has 2 aromatic rings. The maximum absolute atomic E-state index is 12.4. The van der Waals surface area contributed by atoms with Crippen LogP contribution in [-0.4, -0.2) is 19.6 Å². The number of amides is 1. The second kappa shape index (κ2) is 7.77. The van der Waals surface area contributed by atoms with Gasteiger partial charge in [0, 0.05) is 5.56 Å². The Balaban J connectivity index is 2.14. The fourth-order valence-electron chi connectivity index (χ4n) is 2.21. The van der Waals surface area contributed by atoms with E-state index in [-0.39, 0.29) is 16.8 Å². The molecule has 0 aliphatic rings. The largest absolute Gasteiger partial charge is 0.346 e. The van der Waals surface area contributed by atoms with Gasteiger partial charge in [-0.1, -0.05) is 29.3 Å². The first-order valence-corrected chi connectivity index (χ1v) is 10.0. The standard InChI is InChI=1S/C18H19Cl2NO3S/c1-11(2)25(23,24)15-7-4-13(5-8-15)18(22)21-12(3)14-6-9-16(19)17(20)10-14/h4-12H,1-3H3,(H,21,22)/t12-/m1/s1. The van der Waals surface area contributed by atoms with Crippen LogP contribution in [0.15, 0.2) is 47.4 Å². The van der Waals surface area contributed by atoms with E-state index in [9.17, 15) is 13.2 Å². The topological polar surface area (TPSA) is 63.2 Å². The average Bonchev–Trinajstić information content (AvgIpc) is 2.57. The van der Waals surface area contributed by atoms with E-state index >= 15 is 0 Å². The van der Waals surface area contributed by atoms with Gasteiger partial charge in [-0.2, -0.15) is 0 Å². The molecule has 0 unspecified atom stereocenters. The predicted octanol–water partition coefficient (Wildman–Crippen LogP) is 4.67. The molecule has 0 aliphatic carbocycles. The van der Waals surface area contributed by atoms with Crippen molar-refractivity contribution in [3.05, 3.63) is 63.6 Å². The van der Waals surface area contributed by atoms with Gasteiger partial charge in [0.25, 0.3) is 5.91 Å². The zero-order valence-corrected chi connectivity index (χ0v) is 16.4. The Morgan fingerprint density at radius 1 is 0.960 bits per heavy atom. The molecule has 0 aliphatic heterocycles. The highest BCUT2D eigenvalue weighted by atomic mass is 35.5. The van der Waals surface area contributed by atoms with Gasteiger partial charge in [0.15, 0.2) is 9.84 Å². The Morgan fingerprint density at radius 3 is 2.08 bits per heavy atom. The minimum Gasteiger partial charge on any atom is -0.346 e. The Morgan fingerprint density at radius 2 is 1.56 bits per heavy atom. The van der Waals surface area contributed by atoms with Crippen molar-refractivity contribution < 1.29 is 13.2 Å². The van der Waals surface area contributed by atoms with Crippen LogP contribution >= 0.6 is 23.2 Å². The molecule has 25 heavy (non-hydrogen) atoms. The van der Waals surface area contributed by atoms with Crippen LogP contribution in [0, 0.1) is 0 Å². The Hall–Kier alpha value is -1.56. The minimum atomic E-state index is -3.35. The van der Waals surface area contributed by atoms with Crippen LogP contribution in [0.3, 0.4) is 0 Å². The van der Waals surface area contributed by atoms with Crippen molar-refractivity contribution in [1.82, 2.24) is 5.32 Å². The molecule has 0 radical (unpaired) electrons. The average molecular weight is 400 g/mol. The summed E-state index contributed by atoms with van der Waals surface area (Å²) in [5.41, 5.74) is 1.20. The van der Waals surface area contributed by atoms with Gasteiger partial charge < -0.3 is 5.32 Å². The summed E-state index contributed by atoms with van der Waals surface area (Å²) in [4.78, 5) is 12.6. The van der Waals surface area contributed by atoms with E-state index < -0.39 is 15.1 Å². The highest BCUT2D eigenvalue weighted by molar-refractivity contribution is 7.92. The molecular weight excluding hydrogens is 381 g/mol. The number of benzene rings is 2. The van der Waals surface area contributed by atoms with Crippen LogP contribution in [0.2, 0.25) is 10.0 Å². The molecule has 2 rings (SSSR count). The molecule has 7 heteroatoms. The van der Waals surface area contributed by atoms with E-state index in [4.69, 9.17) is 23.2 Å². The van der Waals surface area contributed by atoms with Crippen LogP contribution in [0.1, 0.15) is 42.7 Å². The molecular formula is C18H19Cl2NO3S. The van der Waals surface area contributed by atoms with E-state index in [1.165, 1.54) is 24.3 Å². The van der Waals surface area contributed by atoms with Gasteiger partial charge in [-0.3, -0.25) is 4.79 Å². The third kappa shape index (κ3) is 4.54. The first kappa shape index (κ1) is 19.8. The molecule has 0 heterocycles. The number of rotatable bonds is 5. The molecule has 4 nitrogen and oxygen atoms in total. The summed E-state index contributed by atoms with van der Waals surface area (Å²) in [5, 5.41) is 3.21. The van der Waals surface area contributed by atoms with Crippen molar-refractivity contribution in [3.63, 3.8) is 0 Å². The van der Waals surface area contributed by atoms with Gasteiger partial charge >= 0.3 is 0 Å². The van der Waals surface area contributed by atoms with Gasteiger partial charge in [0.1, 0.15) is 0 Å². The first-order chi connectivity index (χ1) is 11.6. The van der Waals surface area contributed by atoms with Crippen LogP contribution in [0.4, 0.5) is 0 Å². The Kier molecular flexibility index (Phi) is 6.14. The van der Waals surface area contributed by atoms with Crippen molar-refractivity contribution in [2.75, 3.05) is 0 Å². The number of carbonyl (C=O) groups is 1. The van der Waals surface area contributed by atoms with Gasteiger partial charge in [-0.05, 0) is 62.7 Å². The fraction of sp³-hybridized carbons (Fsp3) is 0.278. The predicted molar refractivity (Wildman–Crippen MR) is 101 cm³/mol. The van der Waals surface area contributed by atoms with E-state index in [1.807, 2.05) is 6.92 Å². The summed E-state index contributed by atoms with van der Waals surface area (Å²) in [6, 6.07) is 10.8. The lowest BCUT2D eigenvalue weighted by Gasteiger charge is -2.15. The lowest BCUT2D eigenvalue weighted by atomic mass is 10.1.